The van der Waals surface area contributed by atoms with Gasteiger partial charge >= 0.3 is 5.97 Å². The molecule has 2 rings (SSSR count). The average Bonchev–Trinajstić information content (AvgIpc) is 2.93. The molecule has 0 amide bonds. The molecule has 1 N–H and O–H groups in total. The van der Waals surface area contributed by atoms with E-state index in [1.54, 1.807) is 19.1 Å². The molecule has 21 heavy (non-hydrogen) atoms. The summed E-state index contributed by atoms with van der Waals surface area (Å²) in [7, 11) is 0. The molecule has 5 heteroatoms. The van der Waals surface area contributed by atoms with Crippen LogP contribution in [0, 0.1) is 0 Å². The fourth-order valence-electron chi connectivity index (χ4n) is 1.90. The first-order valence-electron chi connectivity index (χ1n) is 6.69. The van der Waals surface area contributed by atoms with Gasteiger partial charge in [-0.1, -0.05) is 42.8 Å². The van der Waals surface area contributed by atoms with Crippen molar-refractivity contribution in [3.8, 4) is 0 Å². The van der Waals surface area contributed by atoms with Crippen molar-refractivity contribution in [1.29, 1.82) is 0 Å². The average molecular weight is 306 g/mol. The van der Waals surface area contributed by atoms with Crippen LogP contribution >= 0.6 is 11.6 Å². The Morgan fingerprint density at radius 2 is 1.95 bits per heavy atom. The highest BCUT2D eigenvalue weighted by Crippen LogP contribution is 2.13. The monoisotopic (exact) mass is 305 g/mol. The molecule has 0 aliphatic heterocycles. The summed E-state index contributed by atoms with van der Waals surface area (Å²) >= 11 is 5.72. The maximum absolute atomic E-state index is 12.2. The number of aryl methyl sites for hydroxylation is 1. The number of benzene rings is 1. The van der Waals surface area contributed by atoms with E-state index in [0.717, 1.165) is 12.0 Å². The first kappa shape index (κ1) is 15.3. The number of hydrogen-bond acceptors (Lipinski definition) is 3. The van der Waals surface area contributed by atoms with Crippen LogP contribution in [0.15, 0.2) is 36.5 Å². The van der Waals surface area contributed by atoms with Crippen molar-refractivity contribution in [2.75, 3.05) is 0 Å². The smallest absolute Gasteiger partial charge is 0.355 e. The molecule has 0 aliphatic rings. The summed E-state index contributed by atoms with van der Waals surface area (Å²) in [4.78, 5) is 26.7. The van der Waals surface area contributed by atoms with Crippen molar-refractivity contribution in [1.82, 2.24) is 4.98 Å². The molecule has 1 aromatic heterocycles. The minimum absolute atomic E-state index is 0.223. The molecular formula is C16H16ClNO3. The SMILES string of the molecule is CCc1ccc(C(=O)C(C)OC(=O)c2cc(Cl)c[nH]2)cc1. The molecule has 0 aliphatic carbocycles. The van der Waals surface area contributed by atoms with E-state index in [4.69, 9.17) is 16.3 Å². The first-order chi connectivity index (χ1) is 10.0. The van der Waals surface area contributed by atoms with E-state index in [-0.39, 0.29) is 11.5 Å². The van der Waals surface area contributed by atoms with Crippen LogP contribution in [0.1, 0.15) is 40.3 Å². The van der Waals surface area contributed by atoms with Gasteiger partial charge in [0.05, 0.1) is 5.02 Å². The van der Waals surface area contributed by atoms with Gasteiger partial charge in [-0.25, -0.2) is 4.79 Å². The van der Waals surface area contributed by atoms with Crippen molar-refractivity contribution in [3.63, 3.8) is 0 Å². The molecule has 1 aromatic carbocycles. The standard InChI is InChI=1S/C16H16ClNO3/c1-3-11-4-6-12(7-5-11)15(19)10(2)21-16(20)14-8-13(17)9-18-14/h4-10,18H,3H2,1-2H3. The number of carbonyl (C=O) groups is 2. The Bertz CT molecular complexity index is 646. The van der Waals surface area contributed by atoms with Crippen LogP contribution in [0.2, 0.25) is 5.02 Å². The minimum Gasteiger partial charge on any atom is -0.450 e. The summed E-state index contributed by atoms with van der Waals surface area (Å²) in [5.74, 6) is -0.836. The summed E-state index contributed by atoms with van der Waals surface area (Å²) in [5.41, 5.74) is 1.90. The lowest BCUT2D eigenvalue weighted by molar-refractivity contribution is 0.0314. The second-order valence-electron chi connectivity index (χ2n) is 4.69. The maximum Gasteiger partial charge on any atom is 0.355 e. The quantitative estimate of drug-likeness (QED) is 0.677. The molecule has 0 saturated heterocycles. The highest BCUT2D eigenvalue weighted by molar-refractivity contribution is 6.30. The van der Waals surface area contributed by atoms with E-state index in [9.17, 15) is 9.59 Å². The Labute approximate surface area is 128 Å². The van der Waals surface area contributed by atoms with Crippen molar-refractivity contribution in [2.45, 2.75) is 26.4 Å². The van der Waals surface area contributed by atoms with Gasteiger partial charge < -0.3 is 9.72 Å². The van der Waals surface area contributed by atoms with Gasteiger partial charge in [0.2, 0.25) is 5.78 Å². The molecule has 110 valence electrons. The van der Waals surface area contributed by atoms with Gasteiger partial charge in [-0.05, 0) is 25.0 Å². The van der Waals surface area contributed by atoms with Crippen molar-refractivity contribution >= 4 is 23.4 Å². The van der Waals surface area contributed by atoms with Crippen LogP contribution in [0.4, 0.5) is 0 Å². The lowest BCUT2D eigenvalue weighted by atomic mass is 10.0. The van der Waals surface area contributed by atoms with Crippen LogP contribution in [-0.4, -0.2) is 22.8 Å². The van der Waals surface area contributed by atoms with Crippen LogP contribution in [0.25, 0.3) is 0 Å². The van der Waals surface area contributed by atoms with Gasteiger partial charge in [-0.15, -0.1) is 0 Å². The van der Waals surface area contributed by atoms with E-state index in [1.807, 2.05) is 19.1 Å². The van der Waals surface area contributed by atoms with Gasteiger partial charge in [-0.3, -0.25) is 4.79 Å². The number of aromatic nitrogens is 1. The van der Waals surface area contributed by atoms with Crippen molar-refractivity contribution in [3.05, 3.63) is 58.4 Å². The number of Topliss-reactive ketones (excluding diaryl/α,β-unsaturated/α-hetero) is 1. The van der Waals surface area contributed by atoms with Crippen LogP contribution in [-0.2, 0) is 11.2 Å². The molecule has 1 heterocycles. The van der Waals surface area contributed by atoms with Gasteiger partial charge in [0.15, 0.2) is 6.10 Å². The number of halogens is 1. The van der Waals surface area contributed by atoms with E-state index in [0.29, 0.717) is 10.6 Å². The zero-order valence-corrected chi connectivity index (χ0v) is 12.6. The Kier molecular flexibility index (Phi) is 4.81. The lowest BCUT2D eigenvalue weighted by Crippen LogP contribution is -2.24. The summed E-state index contributed by atoms with van der Waals surface area (Å²) in [6.45, 7) is 3.60. The normalized spacial score (nSPS) is 12.0. The van der Waals surface area contributed by atoms with E-state index < -0.39 is 12.1 Å². The molecule has 2 aromatic rings. The highest BCUT2D eigenvalue weighted by Gasteiger charge is 2.21. The number of nitrogens with one attached hydrogen (secondary N) is 1. The summed E-state index contributed by atoms with van der Waals surface area (Å²) in [6.07, 6.45) is 1.54. The predicted octanol–water partition coefficient (Wildman–Crippen LogP) is 3.66. The van der Waals surface area contributed by atoms with Gasteiger partial charge in [-0.2, -0.15) is 0 Å². The third kappa shape index (κ3) is 3.73. The Morgan fingerprint density at radius 1 is 1.29 bits per heavy atom. The van der Waals surface area contributed by atoms with Crippen LogP contribution in [0.5, 0.6) is 0 Å². The largest absolute Gasteiger partial charge is 0.450 e. The number of H-pyrrole nitrogens is 1. The highest BCUT2D eigenvalue weighted by atomic mass is 35.5. The molecule has 0 spiro atoms. The molecule has 0 bridgehead atoms. The zero-order valence-electron chi connectivity index (χ0n) is 11.9. The second kappa shape index (κ2) is 6.59. The number of aromatic amines is 1. The number of ketones is 1. The topological polar surface area (TPSA) is 59.2 Å². The molecule has 0 radical (unpaired) electrons. The fourth-order valence-corrected chi connectivity index (χ4v) is 2.07. The van der Waals surface area contributed by atoms with Gasteiger partial charge in [0.25, 0.3) is 0 Å². The van der Waals surface area contributed by atoms with Gasteiger partial charge in [0, 0.05) is 11.8 Å². The molecule has 0 fully saturated rings. The van der Waals surface area contributed by atoms with E-state index in [2.05, 4.69) is 4.98 Å². The molecule has 4 nitrogen and oxygen atoms in total. The zero-order chi connectivity index (χ0) is 15.4. The second-order valence-corrected chi connectivity index (χ2v) is 5.13. The number of rotatable bonds is 5. The molecule has 1 unspecified atom stereocenters. The summed E-state index contributed by atoms with van der Waals surface area (Å²) < 4.78 is 5.14. The Hall–Kier alpha value is -2.07. The Balaban J connectivity index is 2.03. The third-order valence-corrected chi connectivity index (χ3v) is 3.39. The Morgan fingerprint density at radius 3 is 2.48 bits per heavy atom. The predicted molar refractivity (Wildman–Crippen MR) is 80.8 cm³/mol. The first-order valence-corrected chi connectivity index (χ1v) is 7.07. The number of hydrogen-bond donors (Lipinski definition) is 1. The number of esters is 1. The minimum atomic E-state index is -0.855. The number of carbonyl (C=O) groups excluding carboxylic acids is 2. The van der Waals surface area contributed by atoms with Crippen molar-refractivity contribution in [2.24, 2.45) is 0 Å². The van der Waals surface area contributed by atoms with Crippen molar-refractivity contribution < 1.29 is 14.3 Å². The van der Waals surface area contributed by atoms with Crippen LogP contribution in [0.3, 0.4) is 0 Å². The van der Waals surface area contributed by atoms with Gasteiger partial charge in [0.1, 0.15) is 5.69 Å². The summed E-state index contributed by atoms with van der Waals surface area (Å²) in [5, 5.41) is 0.413. The molecule has 1 atom stereocenters. The third-order valence-electron chi connectivity index (χ3n) is 3.17. The summed E-state index contributed by atoms with van der Waals surface area (Å²) in [6, 6.07) is 8.74. The van der Waals surface area contributed by atoms with Crippen LogP contribution < -0.4 is 0 Å². The molecular weight excluding hydrogens is 290 g/mol. The maximum atomic E-state index is 12.2. The molecule has 0 saturated carbocycles. The fraction of sp³-hybridized carbons (Fsp3) is 0.250. The number of ether oxygens (including phenoxy) is 1. The van der Waals surface area contributed by atoms with E-state index in [1.165, 1.54) is 12.3 Å². The van der Waals surface area contributed by atoms with E-state index >= 15 is 0 Å². The lowest BCUT2D eigenvalue weighted by Gasteiger charge is -2.12.